The molecule has 2 rings (SSSR count). The molecule has 0 aliphatic heterocycles. The SMILES string of the molecule is O=C(CCCCC(=O)N/N=C\c1ccc(F)cc1)N/N=C\c1ccc(F)cc1. The number of nitrogens with one attached hydrogen (secondary N) is 2. The van der Waals surface area contributed by atoms with E-state index < -0.39 is 0 Å². The second-order valence-electron chi connectivity index (χ2n) is 5.90. The maximum atomic E-state index is 12.8. The zero-order chi connectivity index (χ0) is 20.2. The molecular formula is C20H20F2N4O2. The van der Waals surface area contributed by atoms with Gasteiger partial charge in [0.2, 0.25) is 11.8 Å². The molecular weight excluding hydrogens is 366 g/mol. The summed E-state index contributed by atoms with van der Waals surface area (Å²) in [7, 11) is 0. The molecule has 0 spiro atoms. The van der Waals surface area contributed by atoms with Gasteiger partial charge in [-0.1, -0.05) is 24.3 Å². The second kappa shape index (κ2) is 11.3. The monoisotopic (exact) mass is 386 g/mol. The Hall–Kier alpha value is -3.42. The van der Waals surface area contributed by atoms with Crippen LogP contribution in [0.3, 0.4) is 0 Å². The van der Waals surface area contributed by atoms with Gasteiger partial charge in [-0.3, -0.25) is 9.59 Å². The van der Waals surface area contributed by atoms with E-state index in [4.69, 9.17) is 0 Å². The third-order valence-corrected chi connectivity index (χ3v) is 3.60. The molecule has 0 saturated carbocycles. The van der Waals surface area contributed by atoms with E-state index >= 15 is 0 Å². The average molecular weight is 386 g/mol. The van der Waals surface area contributed by atoms with Crippen molar-refractivity contribution in [3.63, 3.8) is 0 Å². The van der Waals surface area contributed by atoms with Gasteiger partial charge in [-0.2, -0.15) is 10.2 Å². The predicted molar refractivity (Wildman–Crippen MR) is 103 cm³/mol. The Morgan fingerprint density at radius 1 is 0.714 bits per heavy atom. The minimum atomic E-state index is -0.341. The molecule has 2 amide bonds. The van der Waals surface area contributed by atoms with Gasteiger partial charge in [0.15, 0.2) is 0 Å². The van der Waals surface area contributed by atoms with Gasteiger partial charge in [0, 0.05) is 12.8 Å². The van der Waals surface area contributed by atoms with Crippen LogP contribution in [0.1, 0.15) is 36.8 Å². The first-order valence-electron chi connectivity index (χ1n) is 8.68. The minimum absolute atomic E-state index is 0.229. The van der Waals surface area contributed by atoms with E-state index in [-0.39, 0.29) is 36.3 Å². The number of hydrogen-bond donors (Lipinski definition) is 2. The number of unbranched alkanes of at least 4 members (excludes halogenated alkanes) is 1. The molecule has 0 radical (unpaired) electrons. The van der Waals surface area contributed by atoms with Gasteiger partial charge in [0.05, 0.1) is 12.4 Å². The van der Waals surface area contributed by atoms with Crippen LogP contribution >= 0.6 is 0 Å². The highest BCUT2D eigenvalue weighted by molar-refractivity contribution is 5.83. The Labute approximate surface area is 161 Å². The summed E-state index contributed by atoms with van der Waals surface area (Å²) in [5, 5.41) is 7.58. The Morgan fingerprint density at radius 2 is 1.07 bits per heavy atom. The zero-order valence-electron chi connectivity index (χ0n) is 15.1. The molecule has 0 unspecified atom stereocenters. The van der Waals surface area contributed by atoms with Crippen molar-refractivity contribution in [1.82, 2.24) is 10.9 Å². The van der Waals surface area contributed by atoms with Crippen molar-refractivity contribution in [1.29, 1.82) is 0 Å². The molecule has 2 N–H and O–H groups in total. The van der Waals surface area contributed by atoms with Gasteiger partial charge in [0.1, 0.15) is 11.6 Å². The lowest BCUT2D eigenvalue weighted by Gasteiger charge is -2.01. The summed E-state index contributed by atoms with van der Waals surface area (Å²) in [4.78, 5) is 23.3. The Bertz CT molecular complexity index is 763. The lowest BCUT2D eigenvalue weighted by atomic mass is 10.2. The molecule has 0 aromatic heterocycles. The van der Waals surface area contributed by atoms with E-state index in [1.165, 1.54) is 36.7 Å². The van der Waals surface area contributed by atoms with Crippen molar-refractivity contribution in [2.45, 2.75) is 25.7 Å². The highest BCUT2D eigenvalue weighted by Gasteiger charge is 2.03. The topological polar surface area (TPSA) is 82.9 Å². The number of hydrazone groups is 2. The third kappa shape index (κ3) is 8.31. The van der Waals surface area contributed by atoms with E-state index in [1.54, 1.807) is 24.3 Å². The summed E-state index contributed by atoms with van der Waals surface area (Å²) < 4.78 is 25.5. The summed E-state index contributed by atoms with van der Waals surface area (Å²) in [5.74, 6) is -1.22. The molecule has 2 aromatic rings. The van der Waals surface area contributed by atoms with Crippen molar-refractivity contribution in [2.75, 3.05) is 0 Å². The van der Waals surface area contributed by atoms with Gasteiger partial charge in [-0.05, 0) is 48.2 Å². The molecule has 0 aliphatic rings. The van der Waals surface area contributed by atoms with Gasteiger partial charge in [-0.15, -0.1) is 0 Å². The molecule has 0 atom stereocenters. The Kier molecular flexibility index (Phi) is 8.45. The highest BCUT2D eigenvalue weighted by atomic mass is 19.1. The summed E-state index contributed by atoms with van der Waals surface area (Å²) in [6, 6.07) is 11.4. The number of hydrogen-bond acceptors (Lipinski definition) is 4. The van der Waals surface area contributed by atoms with Crippen molar-refractivity contribution >= 4 is 24.2 Å². The average Bonchev–Trinajstić information content (AvgIpc) is 2.68. The number of nitrogens with zero attached hydrogens (tertiary/aromatic N) is 2. The normalized spacial score (nSPS) is 11.1. The minimum Gasteiger partial charge on any atom is -0.273 e. The third-order valence-electron chi connectivity index (χ3n) is 3.60. The summed E-state index contributed by atoms with van der Waals surface area (Å²) in [6.45, 7) is 0. The molecule has 8 heteroatoms. The molecule has 6 nitrogen and oxygen atoms in total. The van der Waals surface area contributed by atoms with Crippen LogP contribution in [0, 0.1) is 11.6 Å². The van der Waals surface area contributed by atoms with E-state index in [9.17, 15) is 18.4 Å². The summed E-state index contributed by atoms with van der Waals surface area (Å²) in [5.41, 5.74) is 6.09. The lowest BCUT2D eigenvalue weighted by molar-refractivity contribution is -0.123. The first-order valence-corrected chi connectivity index (χ1v) is 8.68. The number of rotatable bonds is 9. The van der Waals surface area contributed by atoms with Crippen molar-refractivity contribution in [3.05, 3.63) is 71.3 Å². The molecule has 0 aliphatic carbocycles. The van der Waals surface area contributed by atoms with Crippen molar-refractivity contribution < 1.29 is 18.4 Å². The van der Waals surface area contributed by atoms with E-state index in [1.807, 2.05) is 0 Å². The molecule has 0 bridgehead atoms. The van der Waals surface area contributed by atoms with Gasteiger partial charge >= 0.3 is 0 Å². The van der Waals surface area contributed by atoms with E-state index in [0.717, 1.165) is 0 Å². The summed E-state index contributed by atoms with van der Waals surface area (Å²) >= 11 is 0. The first-order chi connectivity index (χ1) is 13.5. The lowest BCUT2D eigenvalue weighted by Crippen LogP contribution is -2.19. The van der Waals surface area contributed by atoms with Crippen LogP contribution in [0.15, 0.2) is 58.7 Å². The van der Waals surface area contributed by atoms with E-state index in [0.29, 0.717) is 24.0 Å². The smallest absolute Gasteiger partial charge is 0.240 e. The predicted octanol–water partition coefficient (Wildman–Crippen LogP) is 3.13. The standard InChI is InChI=1S/C20H20F2N4O2/c21-17-9-5-15(6-10-17)13-23-25-19(27)3-1-2-4-20(28)26-24-14-16-7-11-18(22)12-8-16/h5-14H,1-4H2,(H,25,27)(H,26,28)/b23-13-,24-14-. The van der Waals surface area contributed by atoms with Crippen LogP contribution < -0.4 is 10.9 Å². The summed E-state index contributed by atoms with van der Waals surface area (Å²) in [6.07, 6.45) is 4.34. The fourth-order valence-electron chi connectivity index (χ4n) is 2.14. The molecule has 0 saturated heterocycles. The maximum Gasteiger partial charge on any atom is 0.240 e. The molecule has 146 valence electrons. The molecule has 0 fully saturated rings. The quantitative estimate of drug-likeness (QED) is 0.394. The van der Waals surface area contributed by atoms with Crippen LogP contribution in [0.4, 0.5) is 8.78 Å². The van der Waals surface area contributed by atoms with Gasteiger partial charge in [-0.25, -0.2) is 19.6 Å². The Balaban J connectivity index is 1.57. The fraction of sp³-hybridized carbons (Fsp3) is 0.200. The van der Waals surface area contributed by atoms with Crippen LogP contribution in [-0.4, -0.2) is 24.2 Å². The second-order valence-corrected chi connectivity index (χ2v) is 5.90. The van der Waals surface area contributed by atoms with E-state index in [2.05, 4.69) is 21.1 Å². The van der Waals surface area contributed by atoms with Crippen molar-refractivity contribution in [2.24, 2.45) is 10.2 Å². The van der Waals surface area contributed by atoms with Crippen molar-refractivity contribution in [3.8, 4) is 0 Å². The van der Waals surface area contributed by atoms with Crippen LogP contribution in [0.2, 0.25) is 0 Å². The molecule has 28 heavy (non-hydrogen) atoms. The highest BCUT2D eigenvalue weighted by Crippen LogP contribution is 2.02. The largest absolute Gasteiger partial charge is 0.273 e. The Morgan fingerprint density at radius 3 is 1.43 bits per heavy atom. The molecule has 0 heterocycles. The number of amides is 2. The zero-order valence-corrected chi connectivity index (χ0v) is 15.1. The van der Waals surface area contributed by atoms with Gasteiger partial charge in [0.25, 0.3) is 0 Å². The number of carbonyl (C=O) groups is 2. The molecule has 2 aromatic carbocycles. The van der Waals surface area contributed by atoms with Crippen LogP contribution in [-0.2, 0) is 9.59 Å². The number of halogens is 2. The maximum absolute atomic E-state index is 12.8. The number of benzene rings is 2. The first kappa shape index (κ1) is 20.9. The fourth-order valence-corrected chi connectivity index (χ4v) is 2.14. The number of carbonyl (C=O) groups excluding carboxylic acids is 2. The van der Waals surface area contributed by atoms with Crippen LogP contribution in [0.25, 0.3) is 0 Å². The van der Waals surface area contributed by atoms with Gasteiger partial charge < -0.3 is 0 Å². The van der Waals surface area contributed by atoms with Crippen LogP contribution in [0.5, 0.6) is 0 Å².